The Morgan fingerprint density at radius 3 is 1.25 bits per heavy atom. The van der Waals surface area contributed by atoms with Gasteiger partial charge < -0.3 is 4.46 Å². The average Bonchev–Trinajstić information content (AvgIpc) is 1.00. The zero-order chi connectivity index (χ0) is 2.00. The molecule has 4 heteroatoms. The molecule has 0 aromatic rings. The van der Waals surface area contributed by atoms with E-state index in [-0.39, 0.29) is 51.0 Å². The fraction of sp³-hybridized carbons (Fsp3) is 0. The van der Waals surface area contributed by atoms with E-state index >= 15 is 0 Å². The summed E-state index contributed by atoms with van der Waals surface area (Å²) in [4.78, 5) is 0. The third-order valence-corrected chi connectivity index (χ3v) is 0. The zero-order valence-electron chi connectivity index (χ0n) is 1.82. The van der Waals surface area contributed by atoms with Gasteiger partial charge in [-0.1, -0.05) is 0 Å². The quantitative estimate of drug-likeness (QED) is 0.481. The van der Waals surface area contributed by atoms with Crippen LogP contribution in [-0.2, 0) is 4.46 Å². The standard InChI is InChI=1S/OSi.Pb.Te/c1-2;;. The second kappa shape index (κ2) is 22.0. The third-order valence-electron chi connectivity index (χ3n) is 0. The van der Waals surface area contributed by atoms with Crippen LogP contribution in [0.4, 0.5) is 0 Å². The Hall–Kier alpha value is 1.73. The van der Waals surface area contributed by atoms with Crippen LogP contribution in [-0.4, -0.2) is 61.1 Å². The molecule has 0 rings (SSSR count). The summed E-state index contributed by atoms with van der Waals surface area (Å²) in [5.41, 5.74) is 0. The summed E-state index contributed by atoms with van der Waals surface area (Å²) < 4.78 is 8.06. The number of rotatable bonds is 0. The van der Waals surface area contributed by atoms with Crippen LogP contribution >= 0.6 is 0 Å². The van der Waals surface area contributed by atoms with E-state index in [0.29, 0.717) is 0 Å². The summed E-state index contributed by atoms with van der Waals surface area (Å²) in [6.45, 7) is 0. The maximum absolute atomic E-state index is 8.06. The van der Waals surface area contributed by atoms with Gasteiger partial charge in [-0.2, -0.15) is 0 Å². The molecule has 1 nitrogen and oxygen atoms in total. The molecule has 0 atom stereocenters. The van der Waals surface area contributed by atoms with Crippen molar-refractivity contribution in [1.29, 1.82) is 0 Å². The predicted octanol–water partition coefficient (Wildman–Crippen LogP) is -1.26. The smallest absolute Gasteiger partial charge is 0.381 e. The molecule has 20 valence electrons. The van der Waals surface area contributed by atoms with Crippen LogP contribution in [0.1, 0.15) is 0 Å². The van der Waals surface area contributed by atoms with Crippen molar-refractivity contribution >= 4 is 61.1 Å². The number of hydrogen-bond acceptors (Lipinski definition) is 1. The van der Waals surface area contributed by atoms with Crippen molar-refractivity contribution in [1.82, 2.24) is 0 Å². The summed E-state index contributed by atoms with van der Waals surface area (Å²) in [6.07, 6.45) is 0. The molecule has 0 amide bonds. The second-order valence-corrected chi connectivity index (χ2v) is 0. The van der Waals surface area contributed by atoms with Crippen molar-refractivity contribution in [3.8, 4) is 0 Å². The van der Waals surface area contributed by atoms with Crippen molar-refractivity contribution in [2.75, 3.05) is 0 Å². The first kappa shape index (κ1) is 17.2. The molecule has 0 spiro atoms. The molecule has 4 heavy (non-hydrogen) atoms. The summed E-state index contributed by atoms with van der Waals surface area (Å²) >= 11 is 0. The maximum Gasteiger partial charge on any atom is 0.381 e. The monoisotopic (exact) mass is 382 g/mol. The maximum atomic E-state index is 8.06. The predicted molar refractivity (Wildman–Crippen MR) is 17.9 cm³/mol. The molecular weight excluding hydrogens is 379 g/mol. The molecule has 0 aliphatic rings. The average molecular weight is 379 g/mol. The minimum absolute atomic E-state index is 0. The van der Waals surface area contributed by atoms with Gasteiger partial charge in [-0.15, -0.1) is 0 Å². The molecule has 0 saturated carbocycles. The fourth-order valence-electron chi connectivity index (χ4n) is 0. The Morgan fingerprint density at radius 2 is 1.25 bits per heavy atom. The minimum atomic E-state index is 0. The molecular formula is OPbSiTe. The van der Waals surface area contributed by atoms with Gasteiger partial charge >= 0.3 is 10.1 Å². The first-order chi connectivity index (χ1) is 1.00. The molecule has 0 aliphatic carbocycles. The van der Waals surface area contributed by atoms with Crippen molar-refractivity contribution in [3.05, 3.63) is 0 Å². The molecule has 0 fully saturated rings. The van der Waals surface area contributed by atoms with Crippen LogP contribution in [0, 0.1) is 0 Å². The van der Waals surface area contributed by atoms with Gasteiger partial charge in [0.25, 0.3) is 0 Å². The largest absolute Gasteiger partial charge is 0.381 e. The summed E-state index contributed by atoms with van der Waals surface area (Å²) in [6, 6.07) is 0. The Balaban J connectivity index is -0.00000000500. The third kappa shape index (κ3) is 9.29. The van der Waals surface area contributed by atoms with E-state index in [4.69, 9.17) is 4.46 Å². The Bertz CT molecular complexity index is 8.00. The first-order valence-electron chi connectivity index (χ1n) is 0.204. The van der Waals surface area contributed by atoms with Gasteiger partial charge in [-0.25, -0.2) is 0 Å². The van der Waals surface area contributed by atoms with Crippen molar-refractivity contribution in [2.24, 2.45) is 0 Å². The van der Waals surface area contributed by atoms with E-state index in [1.54, 1.807) is 10.1 Å². The molecule has 0 heterocycles. The molecule has 0 unspecified atom stereocenters. The summed E-state index contributed by atoms with van der Waals surface area (Å²) in [5.74, 6) is 0. The first-order valence-corrected chi connectivity index (χ1v) is 0.612. The van der Waals surface area contributed by atoms with E-state index < -0.39 is 0 Å². The van der Waals surface area contributed by atoms with Crippen LogP contribution < -0.4 is 0 Å². The van der Waals surface area contributed by atoms with E-state index in [2.05, 4.69) is 0 Å². The Labute approximate surface area is 64.9 Å². The van der Waals surface area contributed by atoms with Gasteiger partial charge in [0.1, 0.15) is 0 Å². The molecule has 0 N–H and O–H groups in total. The zero-order valence-corrected chi connectivity index (χ0v) is 9.03. The molecule has 0 bridgehead atoms. The molecule has 0 aromatic carbocycles. The van der Waals surface area contributed by atoms with Gasteiger partial charge in [0.2, 0.25) is 0 Å². The van der Waals surface area contributed by atoms with Crippen molar-refractivity contribution in [2.45, 2.75) is 0 Å². The summed E-state index contributed by atoms with van der Waals surface area (Å²) in [7, 11) is 1.72. The Kier molecular flexibility index (Phi) is 94.6. The molecule has 0 aromatic heterocycles. The van der Waals surface area contributed by atoms with E-state index in [1.807, 2.05) is 0 Å². The Morgan fingerprint density at radius 1 is 1.25 bits per heavy atom. The van der Waals surface area contributed by atoms with Crippen LogP contribution in [0.3, 0.4) is 0 Å². The van der Waals surface area contributed by atoms with Crippen LogP contribution in [0.5, 0.6) is 0 Å². The van der Waals surface area contributed by atoms with E-state index in [9.17, 15) is 0 Å². The fourth-order valence-corrected chi connectivity index (χ4v) is 0. The van der Waals surface area contributed by atoms with E-state index in [1.165, 1.54) is 0 Å². The van der Waals surface area contributed by atoms with Crippen molar-refractivity contribution in [3.63, 3.8) is 0 Å². The molecule has 8 radical (unpaired) electrons. The second-order valence-electron chi connectivity index (χ2n) is 0. The van der Waals surface area contributed by atoms with Crippen LogP contribution in [0.15, 0.2) is 0 Å². The summed E-state index contributed by atoms with van der Waals surface area (Å²) in [5, 5.41) is 0. The topological polar surface area (TPSA) is 17.1 Å². The van der Waals surface area contributed by atoms with Gasteiger partial charge in [-0.3, -0.25) is 0 Å². The van der Waals surface area contributed by atoms with E-state index in [0.717, 1.165) is 0 Å². The van der Waals surface area contributed by atoms with Gasteiger partial charge in [0.15, 0.2) is 0 Å². The van der Waals surface area contributed by atoms with Crippen molar-refractivity contribution < 1.29 is 4.46 Å². The van der Waals surface area contributed by atoms with Gasteiger partial charge in [0.05, 0.1) is 0 Å². The van der Waals surface area contributed by atoms with Gasteiger partial charge in [0, 0.05) is 51.0 Å². The molecule has 0 aliphatic heterocycles. The van der Waals surface area contributed by atoms with Gasteiger partial charge in [-0.05, 0) is 0 Å². The minimum Gasteiger partial charge on any atom is -0.381 e. The van der Waals surface area contributed by atoms with Crippen LogP contribution in [0.2, 0.25) is 0 Å². The molecule has 0 saturated heterocycles. The normalized spacial score (nSPS) is 1.00. The van der Waals surface area contributed by atoms with Crippen LogP contribution in [0.25, 0.3) is 0 Å². The number of hydrogen-bond donors (Lipinski definition) is 0. The SMILES string of the molecule is O=[Si].[Pb].[Te].